The molecule has 0 aliphatic heterocycles. The van der Waals surface area contributed by atoms with Crippen molar-refractivity contribution in [2.24, 2.45) is 0 Å². The summed E-state index contributed by atoms with van der Waals surface area (Å²) in [6, 6.07) is 57.6. The van der Waals surface area contributed by atoms with Gasteiger partial charge in [0.15, 0.2) is 0 Å². The van der Waals surface area contributed by atoms with Gasteiger partial charge in [0, 0.05) is 40.6 Å². The summed E-state index contributed by atoms with van der Waals surface area (Å²) in [5, 5.41) is 2.32. The molecule has 0 fully saturated rings. The van der Waals surface area contributed by atoms with Gasteiger partial charge < -0.3 is 4.57 Å². The number of benzene rings is 5. The Morgan fingerprint density at radius 2 is 1.02 bits per heavy atom. The van der Waals surface area contributed by atoms with Crippen LogP contribution in [0.4, 0.5) is 0 Å². The molecule has 0 N–H and O–H groups in total. The van der Waals surface area contributed by atoms with Crippen LogP contribution >= 0.6 is 0 Å². The molecule has 0 radical (unpaired) electrons. The Bertz CT molecular complexity index is 2530. The van der Waals surface area contributed by atoms with Crippen LogP contribution < -0.4 is 0 Å². The fourth-order valence-corrected chi connectivity index (χ4v) is 6.75. The van der Waals surface area contributed by atoms with E-state index in [0.717, 1.165) is 61.4 Å². The third-order valence-electron chi connectivity index (χ3n) is 9.15. The highest BCUT2D eigenvalue weighted by Crippen LogP contribution is 2.35. The monoisotopic (exact) mass is 626 g/mol. The molecule has 4 heterocycles. The molecule has 4 nitrogen and oxygen atoms in total. The summed E-state index contributed by atoms with van der Waals surface area (Å²) in [5.74, 6) is 0. The molecule has 0 saturated carbocycles. The lowest BCUT2D eigenvalue weighted by Gasteiger charge is -2.13. The minimum atomic E-state index is 0.832. The maximum absolute atomic E-state index is 5.18. The summed E-state index contributed by atoms with van der Waals surface area (Å²) >= 11 is 0. The number of hydrogen-bond acceptors (Lipinski definition) is 3. The van der Waals surface area contributed by atoms with Gasteiger partial charge in [0.25, 0.3) is 0 Å². The van der Waals surface area contributed by atoms with Crippen molar-refractivity contribution < 1.29 is 0 Å². The molecule has 5 aromatic carbocycles. The molecular formula is C45H30N4. The maximum atomic E-state index is 5.18. The van der Waals surface area contributed by atoms with Crippen molar-refractivity contribution in [1.29, 1.82) is 0 Å². The number of aromatic nitrogens is 4. The standard InChI is InChI=1S/C45H30N4/c1-2-10-31(11-3-1)32-19-21-33(22-20-32)34-12-8-13-35(26-34)37-28-42(48-43(29-37)41-17-6-7-24-47-41)36-14-9-15-38(27-36)49-44-18-5-4-16-39(44)40-30-46-25-23-45(40)49/h1-30H. The first kappa shape index (κ1) is 28.6. The zero-order chi connectivity index (χ0) is 32.6. The van der Waals surface area contributed by atoms with Gasteiger partial charge in [-0.3, -0.25) is 9.97 Å². The number of rotatable bonds is 6. The van der Waals surface area contributed by atoms with Gasteiger partial charge in [-0.15, -0.1) is 0 Å². The summed E-state index contributed by atoms with van der Waals surface area (Å²) < 4.78 is 2.31. The first-order chi connectivity index (χ1) is 24.3. The molecule has 9 rings (SSSR count). The van der Waals surface area contributed by atoms with Crippen LogP contribution in [0.15, 0.2) is 182 Å². The molecule has 0 unspecified atom stereocenters. The summed E-state index contributed by atoms with van der Waals surface area (Å²) in [6.07, 6.45) is 5.63. The third-order valence-corrected chi connectivity index (χ3v) is 9.15. The Balaban J connectivity index is 1.15. The molecule has 49 heavy (non-hydrogen) atoms. The minimum absolute atomic E-state index is 0.832. The van der Waals surface area contributed by atoms with E-state index in [-0.39, 0.29) is 0 Å². The van der Waals surface area contributed by atoms with Gasteiger partial charge in [0.05, 0.1) is 28.1 Å². The molecule has 0 bridgehead atoms. The summed E-state index contributed by atoms with van der Waals surface area (Å²) in [7, 11) is 0. The van der Waals surface area contributed by atoms with E-state index in [9.17, 15) is 0 Å². The minimum Gasteiger partial charge on any atom is -0.309 e. The van der Waals surface area contributed by atoms with Gasteiger partial charge in [0.2, 0.25) is 0 Å². The van der Waals surface area contributed by atoms with Crippen LogP contribution in [-0.2, 0) is 0 Å². The summed E-state index contributed by atoms with van der Waals surface area (Å²) in [6.45, 7) is 0. The SMILES string of the molecule is c1ccc(-c2ccc(-c3cccc(-c4cc(-c5cccc(-n6c7ccccc7c7cnccc76)c5)nc(-c5ccccn5)c4)c3)cc2)cc1. The number of para-hydroxylation sites is 1. The average Bonchev–Trinajstić information content (AvgIpc) is 3.53. The van der Waals surface area contributed by atoms with Crippen LogP contribution in [0.25, 0.3) is 83.5 Å². The zero-order valence-electron chi connectivity index (χ0n) is 26.6. The van der Waals surface area contributed by atoms with Crippen LogP contribution in [0, 0.1) is 0 Å². The molecule has 9 aromatic rings. The van der Waals surface area contributed by atoms with E-state index in [2.05, 4.69) is 154 Å². The van der Waals surface area contributed by atoms with Gasteiger partial charge >= 0.3 is 0 Å². The Morgan fingerprint density at radius 3 is 1.86 bits per heavy atom. The van der Waals surface area contributed by atoms with Crippen molar-refractivity contribution >= 4 is 21.8 Å². The van der Waals surface area contributed by atoms with Gasteiger partial charge in [-0.25, -0.2) is 4.98 Å². The van der Waals surface area contributed by atoms with Crippen molar-refractivity contribution in [2.45, 2.75) is 0 Å². The number of nitrogens with zero attached hydrogens (tertiary/aromatic N) is 4. The van der Waals surface area contributed by atoms with E-state index < -0.39 is 0 Å². The zero-order valence-corrected chi connectivity index (χ0v) is 26.6. The Labute approximate surface area is 284 Å². The van der Waals surface area contributed by atoms with Crippen molar-refractivity contribution in [3.8, 4) is 61.7 Å². The van der Waals surface area contributed by atoms with E-state index in [0.29, 0.717) is 0 Å². The predicted molar refractivity (Wildman–Crippen MR) is 201 cm³/mol. The molecular weight excluding hydrogens is 597 g/mol. The van der Waals surface area contributed by atoms with E-state index >= 15 is 0 Å². The molecule has 0 spiro atoms. The lowest BCUT2D eigenvalue weighted by atomic mass is 9.96. The lowest BCUT2D eigenvalue weighted by Crippen LogP contribution is -1.96. The molecule has 230 valence electrons. The second kappa shape index (κ2) is 12.2. The van der Waals surface area contributed by atoms with Crippen LogP contribution in [0.5, 0.6) is 0 Å². The van der Waals surface area contributed by atoms with E-state index in [1.165, 1.54) is 22.1 Å². The predicted octanol–water partition coefficient (Wildman–Crippen LogP) is 11.3. The molecule has 4 aromatic heterocycles. The molecule has 0 saturated heterocycles. The number of pyridine rings is 3. The van der Waals surface area contributed by atoms with Gasteiger partial charge in [-0.05, 0) is 88.0 Å². The molecule has 0 amide bonds. The topological polar surface area (TPSA) is 43.6 Å². The average molecular weight is 627 g/mol. The lowest BCUT2D eigenvalue weighted by molar-refractivity contribution is 1.17. The highest BCUT2D eigenvalue weighted by molar-refractivity contribution is 6.08. The Kier molecular flexibility index (Phi) is 7.10. The van der Waals surface area contributed by atoms with Crippen LogP contribution in [-0.4, -0.2) is 19.5 Å². The highest BCUT2D eigenvalue weighted by Gasteiger charge is 2.15. The van der Waals surface area contributed by atoms with E-state index in [1.807, 2.05) is 42.9 Å². The van der Waals surface area contributed by atoms with Crippen LogP contribution in [0.3, 0.4) is 0 Å². The second-order valence-electron chi connectivity index (χ2n) is 12.2. The van der Waals surface area contributed by atoms with Gasteiger partial charge in [-0.1, -0.05) is 109 Å². The fraction of sp³-hybridized carbons (Fsp3) is 0. The van der Waals surface area contributed by atoms with Crippen molar-refractivity contribution in [3.05, 3.63) is 182 Å². The van der Waals surface area contributed by atoms with Crippen molar-refractivity contribution in [3.63, 3.8) is 0 Å². The molecule has 0 aliphatic rings. The Hall–Kier alpha value is -6.65. The van der Waals surface area contributed by atoms with Gasteiger partial charge in [0.1, 0.15) is 0 Å². The van der Waals surface area contributed by atoms with E-state index in [1.54, 1.807) is 0 Å². The third kappa shape index (κ3) is 5.35. The van der Waals surface area contributed by atoms with Gasteiger partial charge in [-0.2, -0.15) is 0 Å². The summed E-state index contributed by atoms with van der Waals surface area (Å²) in [4.78, 5) is 14.3. The normalized spacial score (nSPS) is 11.3. The van der Waals surface area contributed by atoms with Crippen LogP contribution in [0.2, 0.25) is 0 Å². The number of fused-ring (bicyclic) bond motifs is 3. The molecule has 4 heteroatoms. The van der Waals surface area contributed by atoms with Crippen LogP contribution in [0.1, 0.15) is 0 Å². The molecule has 0 aliphatic carbocycles. The number of hydrogen-bond donors (Lipinski definition) is 0. The Morgan fingerprint density at radius 1 is 0.367 bits per heavy atom. The molecule has 0 atom stereocenters. The van der Waals surface area contributed by atoms with Crippen molar-refractivity contribution in [2.75, 3.05) is 0 Å². The first-order valence-corrected chi connectivity index (χ1v) is 16.4. The quantitative estimate of drug-likeness (QED) is 0.184. The summed E-state index contributed by atoms with van der Waals surface area (Å²) in [5.41, 5.74) is 13.9. The maximum Gasteiger partial charge on any atom is 0.0899 e. The largest absolute Gasteiger partial charge is 0.309 e. The first-order valence-electron chi connectivity index (χ1n) is 16.4. The van der Waals surface area contributed by atoms with E-state index in [4.69, 9.17) is 4.98 Å². The smallest absolute Gasteiger partial charge is 0.0899 e. The fourth-order valence-electron chi connectivity index (χ4n) is 6.75. The second-order valence-corrected chi connectivity index (χ2v) is 12.2. The van der Waals surface area contributed by atoms with Crippen molar-refractivity contribution in [1.82, 2.24) is 19.5 Å². The highest BCUT2D eigenvalue weighted by atomic mass is 15.0.